The second-order valence-electron chi connectivity index (χ2n) is 8.72. The maximum absolute atomic E-state index is 13.8. The van der Waals surface area contributed by atoms with Gasteiger partial charge >= 0.3 is 5.97 Å². The van der Waals surface area contributed by atoms with E-state index in [4.69, 9.17) is 9.47 Å². The first-order chi connectivity index (χ1) is 16.6. The lowest BCUT2D eigenvalue weighted by atomic mass is 9.94. The van der Waals surface area contributed by atoms with Crippen LogP contribution >= 0.6 is 0 Å². The van der Waals surface area contributed by atoms with E-state index in [0.717, 1.165) is 4.90 Å². The van der Waals surface area contributed by atoms with E-state index in [2.05, 4.69) is 11.6 Å². The first kappa shape index (κ1) is 25.8. The second kappa shape index (κ2) is 10.6. The van der Waals surface area contributed by atoms with E-state index >= 15 is 0 Å². The minimum Gasteiger partial charge on any atom is -0.872 e. The summed E-state index contributed by atoms with van der Waals surface area (Å²) in [4.78, 5) is 43.8. The van der Waals surface area contributed by atoms with Crippen LogP contribution in [0.1, 0.15) is 38.9 Å². The van der Waals surface area contributed by atoms with E-state index in [9.17, 15) is 19.5 Å². The van der Waals surface area contributed by atoms with Crippen LogP contribution in [0.4, 0.5) is 0 Å². The summed E-state index contributed by atoms with van der Waals surface area (Å²) < 4.78 is 10.3. The number of nitrogens with zero attached hydrogens (tertiary/aromatic N) is 1. The van der Waals surface area contributed by atoms with Gasteiger partial charge in [0, 0.05) is 11.3 Å². The highest BCUT2D eigenvalue weighted by Crippen LogP contribution is 2.40. The molecule has 9 heteroatoms. The molecule has 2 N–H and O–H groups in total. The fourth-order valence-corrected chi connectivity index (χ4v) is 4.22. The molecule has 0 spiro atoms. The molecule has 1 aromatic carbocycles. The van der Waals surface area contributed by atoms with Gasteiger partial charge in [-0.05, 0) is 42.7 Å². The van der Waals surface area contributed by atoms with Crippen molar-refractivity contribution >= 4 is 23.4 Å². The van der Waals surface area contributed by atoms with Gasteiger partial charge in [0.1, 0.15) is 18.1 Å². The van der Waals surface area contributed by atoms with Crippen molar-refractivity contribution in [1.29, 1.82) is 0 Å². The lowest BCUT2D eigenvalue weighted by Gasteiger charge is -2.28. The van der Waals surface area contributed by atoms with Crippen LogP contribution in [-0.2, 0) is 14.3 Å². The van der Waals surface area contributed by atoms with Crippen molar-refractivity contribution < 1.29 is 33.9 Å². The third-order valence-electron chi connectivity index (χ3n) is 6.00. The summed E-state index contributed by atoms with van der Waals surface area (Å²) in [6, 6.07) is 6.09. The number of H-pyrrole nitrogens is 1. The number of ketones is 1. The molecule has 3 rings (SSSR count). The number of hydrogen-bond donors (Lipinski definition) is 2. The maximum Gasteiger partial charge on any atom is 0.354 e. The van der Waals surface area contributed by atoms with Crippen LogP contribution in [0.15, 0.2) is 42.5 Å². The average molecular weight is 482 g/mol. The molecule has 1 aromatic heterocycles. The third-order valence-corrected chi connectivity index (χ3v) is 6.00. The number of likely N-dealkylation sites (N-methyl/N-ethyl adjacent to an activating group) is 1. The highest BCUT2D eigenvalue weighted by molar-refractivity contribution is 6.46. The Balaban J connectivity index is 2.17. The number of rotatable bonds is 9. The number of quaternary nitrogens is 1. The zero-order chi connectivity index (χ0) is 25.9. The fraction of sp³-hybridized carbons (Fsp3) is 0.346. The minimum atomic E-state index is -0.856. The maximum atomic E-state index is 13.8. The normalized spacial score (nSPS) is 17.2. The molecule has 0 bridgehead atoms. The molecule has 1 unspecified atom stereocenters. The Morgan fingerprint density at radius 1 is 1.23 bits per heavy atom. The number of hydrogen-bond acceptors (Lipinski definition) is 6. The third kappa shape index (κ3) is 5.00. The van der Waals surface area contributed by atoms with E-state index in [1.54, 1.807) is 44.2 Å². The van der Waals surface area contributed by atoms with E-state index in [1.807, 2.05) is 14.1 Å². The van der Waals surface area contributed by atoms with Gasteiger partial charge in [-0.3, -0.25) is 9.59 Å². The highest BCUT2D eigenvalue weighted by Gasteiger charge is 2.44. The standard InChI is InChI=1S/C26H31N3O6/c1-7-14-35-18-10-8-17(9-11-18)22-20(24(31)25(32)29(22)13-12-28(4)5)23(30)19-15(2)21(26(33)34-6)27-16(19)3/h7-11,22,27,30H,1,12-14H2,2-6H3. The SMILES string of the molecule is C=CCOc1ccc(C2C(=C([O-])c3c(C)[nH]c(C(=O)OC)c3C)C(=O)C(=O)N2CC[NH+](C)C)cc1. The van der Waals surface area contributed by atoms with Crippen LogP contribution in [0.25, 0.3) is 5.76 Å². The largest absolute Gasteiger partial charge is 0.872 e. The quantitative estimate of drug-likeness (QED) is 0.176. The number of esters is 1. The van der Waals surface area contributed by atoms with Crippen molar-refractivity contribution in [3.05, 3.63) is 70.6 Å². The molecule has 1 fully saturated rings. The highest BCUT2D eigenvalue weighted by atomic mass is 16.5. The first-order valence-corrected chi connectivity index (χ1v) is 11.3. The van der Waals surface area contributed by atoms with Gasteiger partial charge in [0.25, 0.3) is 5.91 Å². The molecule has 0 aliphatic carbocycles. The monoisotopic (exact) mass is 481 g/mol. The molecule has 1 aliphatic rings. The lowest BCUT2D eigenvalue weighted by molar-refractivity contribution is -0.857. The molecule has 2 aromatic rings. The Hall–Kier alpha value is -3.85. The van der Waals surface area contributed by atoms with E-state index in [1.165, 1.54) is 12.0 Å². The number of aryl methyl sites for hydroxylation is 1. The molecule has 35 heavy (non-hydrogen) atoms. The van der Waals surface area contributed by atoms with Gasteiger partial charge in [-0.15, -0.1) is 0 Å². The summed E-state index contributed by atoms with van der Waals surface area (Å²) >= 11 is 0. The number of carbonyl (C=O) groups is 3. The van der Waals surface area contributed by atoms with Gasteiger partial charge in [0.05, 0.1) is 40.3 Å². The summed E-state index contributed by atoms with van der Waals surface area (Å²) in [6.45, 7) is 8.10. The summed E-state index contributed by atoms with van der Waals surface area (Å²) in [6.07, 6.45) is 1.63. The van der Waals surface area contributed by atoms with Crippen LogP contribution in [0.5, 0.6) is 5.75 Å². The van der Waals surface area contributed by atoms with E-state index in [0.29, 0.717) is 42.3 Å². The smallest absolute Gasteiger partial charge is 0.354 e. The number of benzene rings is 1. The van der Waals surface area contributed by atoms with Crippen LogP contribution in [0.3, 0.4) is 0 Å². The molecule has 186 valence electrons. The number of likely N-dealkylation sites (tertiary alicyclic amines) is 1. The predicted molar refractivity (Wildman–Crippen MR) is 128 cm³/mol. The van der Waals surface area contributed by atoms with Crippen molar-refractivity contribution in [2.45, 2.75) is 19.9 Å². The molecule has 1 aliphatic heterocycles. The summed E-state index contributed by atoms with van der Waals surface area (Å²) in [5.41, 5.74) is 1.60. The summed E-state index contributed by atoms with van der Waals surface area (Å²) in [5, 5.41) is 13.8. The molecule has 9 nitrogen and oxygen atoms in total. The molecule has 1 amide bonds. The second-order valence-corrected chi connectivity index (χ2v) is 8.72. The first-order valence-electron chi connectivity index (χ1n) is 11.3. The molecule has 0 saturated carbocycles. The fourth-order valence-electron chi connectivity index (χ4n) is 4.22. The average Bonchev–Trinajstić information content (AvgIpc) is 3.27. The van der Waals surface area contributed by atoms with Crippen molar-refractivity contribution in [2.75, 3.05) is 40.9 Å². The van der Waals surface area contributed by atoms with E-state index in [-0.39, 0.29) is 16.8 Å². The lowest BCUT2D eigenvalue weighted by Crippen LogP contribution is -3.06. The van der Waals surface area contributed by atoms with Gasteiger partial charge in [0.2, 0.25) is 5.78 Å². The molecule has 2 heterocycles. The Kier molecular flexibility index (Phi) is 7.81. The predicted octanol–water partition coefficient (Wildman–Crippen LogP) is 0.351. The zero-order valence-electron chi connectivity index (χ0n) is 20.7. The van der Waals surface area contributed by atoms with Crippen molar-refractivity contribution in [3.63, 3.8) is 0 Å². The zero-order valence-corrected chi connectivity index (χ0v) is 20.7. The van der Waals surface area contributed by atoms with Crippen LogP contribution in [0, 0.1) is 13.8 Å². The van der Waals surface area contributed by atoms with Crippen LogP contribution < -0.4 is 14.7 Å². The summed E-state index contributed by atoms with van der Waals surface area (Å²) in [7, 11) is 5.13. The topological polar surface area (TPSA) is 116 Å². The van der Waals surface area contributed by atoms with Crippen molar-refractivity contribution in [1.82, 2.24) is 9.88 Å². The van der Waals surface area contributed by atoms with Gasteiger partial charge in [-0.25, -0.2) is 4.79 Å². The van der Waals surface area contributed by atoms with Gasteiger partial charge in [-0.2, -0.15) is 0 Å². The number of amides is 1. The molecule has 0 radical (unpaired) electrons. The Labute approximate surface area is 204 Å². The molecule has 1 atom stereocenters. The van der Waals surface area contributed by atoms with Crippen molar-refractivity contribution in [2.24, 2.45) is 0 Å². The van der Waals surface area contributed by atoms with Gasteiger partial charge < -0.3 is 29.4 Å². The van der Waals surface area contributed by atoms with Crippen molar-refractivity contribution in [3.8, 4) is 5.75 Å². The van der Waals surface area contributed by atoms with E-state index < -0.39 is 29.5 Å². The number of ether oxygens (including phenoxy) is 2. The number of Topliss-reactive ketones (excluding diaryl/α,β-unsaturated/α-hetero) is 1. The number of methoxy groups -OCH3 is 1. The summed E-state index contributed by atoms with van der Waals surface area (Å²) in [5.74, 6) is -2.15. The van der Waals surface area contributed by atoms with Crippen LogP contribution in [0.2, 0.25) is 0 Å². The Morgan fingerprint density at radius 3 is 2.46 bits per heavy atom. The minimum absolute atomic E-state index is 0.134. The Bertz CT molecular complexity index is 1180. The number of nitrogens with one attached hydrogen (secondary N) is 2. The number of aromatic amines is 1. The number of aromatic nitrogens is 1. The Morgan fingerprint density at radius 2 is 1.89 bits per heavy atom. The van der Waals surface area contributed by atoms with Gasteiger partial charge in [-0.1, -0.05) is 30.5 Å². The molecule has 1 saturated heterocycles. The molecular weight excluding hydrogens is 450 g/mol. The van der Waals surface area contributed by atoms with Gasteiger partial charge in [0.15, 0.2) is 0 Å². The molecular formula is C26H31N3O6. The number of carbonyl (C=O) groups excluding carboxylic acids is 3. The van der Waals surface area contributed by atoms with Crippen LogP contribution in [-0.4, -0.2) is 68.4 Å².